The van der Waals surface area contributed by atoms with Gasteiger partial charge in [-0.15, -0.1) is 5.10 Å². The molecule has 0 saturated carbocycles. The number of amides is 1. The van der Waals surface area contributed by atoms with Gasteiger partial charge >= 0.3 is 0 Å². The molecule has 0 unspecified atom stereocenters. The summed E-state index contributed by atoms with van der Waals surface area (Å²) < 4.78 is 14.7. The van der Waals surface area contributed by atoms with Crippen LogP contribution in [0.15, 0.2) is 55.2 Å². The number of morpholine rings is 1. The average molecular weight is 418 g/mol. The van der Waals surface area contributed by atoms with Gasteiger partial charge in [0.2, 0.25) is 5.82 Å². The highest BCUT2D eigenvalue weighted by Gasteiger charge is 2.30. The quantitative estimate of drug-likeness (QED) is 0.506. The van der Waals surface area contributed by atoms with Crippen LogP contribution in [-0.4, -0.2) is 61.8 Å². The van der Waals surface area contributed by atoms with E-state index in [1.165, 1.54) is 11.0 Å². The van der Waals surface area contributed by atoms with E-state index < -0.39 is 0 Å². The second kappa shape index (κ2) is 7.84. The van der Waals surface area contributed by atoms with Crippen molar-refractivity contribution in [2.75, 3.05) is 26.8 Å². The van der Waals surface area contributed by atoms with E-state index >= 15 is 0 Å². The average Bonchev–Trinajstić information content (AvgIpc) is 3.44. The molecular weight excluding hydrogens is 396 g/mol. The van der Waals surface area contributed by atoms with Crippen LogP contribution in [0.3, 0.4) is 0 Å². The van der Waals surface area contributed by atoms with Crippen molar-refractivity contribution in [3.8, 4) is 16.9 Å². The highest BCUT2D eigenvalue weighted by atomic mass is 16.5. The largest absolute Gasteiger partial charge is 0.497 e. The molecule has 9 nitrogen and oxygen atoms in total. The summed E-state index contributed by atoms with van der Waals surface area (Å²) in [6.45, 7) is 1.34. The molecule has 31 heavy (non-hydrogen) atoms. The van der Waals surface area contributed by atoms with Crippen molar-refractivity contribution in [3.63, 3.8) is 0 Å². The number of aromatic nitrogens is 5. The summed E-state index contributed by atoms with van der Waals surface area (Å²) in [7, 11) is 3.40. The van der Waals surface area contributed by atoms with Gasteiger partial charge < -0.3 is 18.8 Å². The lowest BCUT2D eigenvalue weighted by Gasteiger charge is -2.31. The molecule has 158 valence electrons. The van der Waals surface area contributed by atoms with Crippen LogP contribution in [-0.2, 0) is 11.8 Å². The number of aryl methyl sites for hydroxylation is 1. The summed E-state index contributed by atoms with van der Waals surface area (Å²) in [6, 6.07) is 12.0. The van der Waals surface area contributed by atoms with Crippen molar-refractivity contribution in [1.29, 1.82) is 0 Å². The van der Waals surface area contributed by atoms with Crippen molar-refractivity contribution in [2.24, 2.45) is 7.05 Å². The number of fused-ring (bicyclic) bond motifs is 1. The smallest absolute Gasteiger partial charge is 0.293 e. The maximum atomic E-state index is 12.7. The lowest BCUT2D eigenvalue weighted by Crippen LogP contribution is -2.42. The normalized spacial score (nSPS) is 16.6. The molecule has 0 radical (unpaired) electrons. The molecule has 9 heteroatoms. The lowest BCUT2D eigenvalue weighted by atomic mass is 10.1. The molecule has 1 aliphatic rings. The number of hydrogen-bond donors (Lipinski definition) is 0. The number of carbonyl (C=O) groups is 1. The molecule has 1 aliphatic heterocycles. The zero-order valence-electron chi connectivity index (χ0n) is 17.3. The minimum absolute atomic E-state index is 0.195. The van der Waals surface area contributed by atoms with Crippen LogP contribution >= 0.6 is 0 Å². The number of ether oxygens (including phenoxy) is 2. The standard InChI is InChI=1S/C22H22N6O3/c1-26-13-24-21(25-26)22(29)27-9-10-31-19(12-27)20-18-8-5-16(11-28(18)14-23-20)15-3-6-17(30-2)7-4-15/h3-8,11,13-14,19H,9-10,12H2,1-2H3/t19-/m0/s1. The number of benzene rings is 1. The van der Waals surface area contributed by atoms with Gasteiger partial charge in [-0.1, -0.05) is 18.2 Å². The minimum Gasteiger partial charge on any atom is -0.497 e. The molecule has 0 spiro atoms. The number of carbonyl (C=O) groups excluding carboxylic acids is 1. The number of pyridine rings is 1. The van der Waals surface area contributed by atoms with E-state index in [4.69, 9.17) is 9.47 Å². The van der Waals surface area contributed by atoms with Gasteiger partial charge in [-0.2, -0.15) is 0 Å². The summed E-state index contributed by atoms with van der Waals surface area (Å²) in [6.07, 6.45) is 5.03. The maximum absolute atomic E-state index is 12.7. The van der Waals surface area contributed by atoms with Crippen LogP contribution in [0.4, 0.5) is 0 Å². The van der Waals surface area contributed by atoms with E-state index in [0.29, 0.717) is 19.7 Å². The molecule has 1 aromatic carbocycles. The fourth-order valence-electron chi connectivity index (χ4n) is 3.80. The predicted molar refractivity (Wildman–Crippen MR) is 113 cm³/mol. The Balaban J connectivity index is 1.39. The zero-order valence-corrected chi connectivity index (χ0v) is 17.3. The third-order valence-corrected chi connectivity index (χ3v) is 5.43. The molecule has 0 N–H and O–H groups in total. The Bertz CT molecular complexity index is 1230. The van der Waals surface area contributed by atoms with Gasteiger partial charge in [-0.05, 0) is 29.3 Å². The first-order chi connectivity index (χ1) is 15.1. The molecule has 0 aliphatic carbocycles. The first-order valence-corrected chi connectivity index (χ1v) is 10.00. The summed E-state index contributed by atoms with van der Waals surface area (Å²) >= 11 is 0. The molecule has 0 bridgehead atoms. The number of hydrogen-bond acceptors (Lipinski definition) is 6. The molecule has 1 saturated heterocycles. The third-order valence-electron chi connectivity index (χ3n) is 5.43. The Morgan fingerprint density at radius 2 is 1.90 bits per heavy atom. The maximum Gasteiger partial charge on any atom is 0.293 e. The van der Waals surface area contributed by atoms with E-state index in [9.17, 15) is 4.79 Å². The second-order valence-electron chi connectivity index (χ2n) is 7.42. The number of methoxy groups -OCH3 is 1. The Morgan fingerprint density at radius 1 is 1.10 bits per heavy atom. The molecule has 1 atom stereocenters. The van der Waals surface area contributed by atoms with Crippen LogP contribution < -0.4 is 4.74 Å². The summed E-state index contributed by atoms with van der Waals surface area (Å²) in [5.74, 6) is 0.824. The minimum atomic E-state index is -0.307. The van der Waals surface area contributed by atoms with Crippen molar-refractivity contribution >= 4 is 11.4 Å². The van der Waals surface area contributed by atoms with E-state index in [1.54, 1.807) is 25.4 Å². The lowest BCUT2D eigenvalue weighted by molar-refractivity contribution is -0.0243. The Kier molecular flexibility index (Phi) is 4.87. The van der Waals surface area contributed by atoms with Crippen molar-refractivity contribution in [3.05, 3.63) is 66.8 Å². The van der Waals surface area contributed by atoms with Gasteiger partial charge in [0.25, 0.3) is 5.91 Å². The Hall–Kier alpha value is -3.72. The van der Waals surface area contributed by atoms with Gasteiger partial charge in [0.15, 0.2) is 0 Å². The zero-order chi connectivity index (χ0) is 21.4. The summed E-state index contributed by atoms with van der Waals surface area (Å²) in [4.78, 5) is 23.1. The van der Waals surface area contributed by atoms with Crippen LogP contribution in [0, 0.1) is 0 Å². The second-order valence-corrected chi connectivity index (χ2v) is 7.42. The summed E-state index contributed by atoms with van der Waals surface area (Å²) in [5.41, 5.74) is 3.92. The first-order valence-electron chi connectivity index (χ1n) is 10.00. The SMILES string of the molecule is COc1ccc(-c2ccc3c([C@@H]4CN(C(=O)c5ncn(C)n5)CCO4)ncn3c2)cc1. The predicted octanol–water partition coefficient (Wildman–Crippen LogP) is 2.35. The number of rotatable bonds is 4. The molecule has 3 aromatic heterocycles. The van der Waals surface area contributed by atoms with Crippen molar-refractivity contribution < 1.29 is 14.3 Å². The van der Waals surface area contributed by atoms with Crippen LogP contribution in [0.25, 0.3) is 16.6 Å². The Morgan fingerprint density at radius 3 is 2.65 bits per heavy atom. The van der Waals surface area contributed by atoms with Crippen molar-refractivity contribution in [2.45, 2.75) is 6.10 Å². The van der Waals surface area contributed by atoms with Gasteiger partial charge in [0, 0.05) is 19.8 Å². The van der Waals surface area contributed by atoms with E-state index in [-0.39, 0.29) is 17.8 Å². The molecule has 1 fully saturated rings. The van der Waals surface area contributed by atoms with Crippen LogP contribution in [0.1, 0.15) is 22.4 Å². The molecule has 4 heterocycles. The van der Waals surface area contributed by atoms with E-state index in [1.807, 2.05) is 40.9 Å². The fourth-order valence-corrected chi connectivity index (χ4v) is 3.80. The highest BCUT2D eigenvalue weighted by Crippen LogP contribution is 2.28. The molecular formula is C22H22N6O3. The van der Waals surface area contributed by atoms with Crippen LogP contribution in [0.5, 0.6) is 5.75 Å². The number of nitrogens with zero attached hydrogens (tertiary/aromatic N) is 6. The van der Waals surface area contributed by atoms with Crippen LogP contribution in [0.2, 0.25) is 0 Å². The molecule has 1 amide bonds. The van der Waals surface area contributed by atoms with Gasteiger partial charge in [-0.25, -0.2) is 9.97 Å². The molecule has 5 rings (SSSR count). The van der Waals surface area contributed by atoms with Crippen molar-refractivity contribution in [1.82, 2.24) is 29.0 Å². The fraction of sp³-hybridized carbons (Fsp3) is 0.273. The topological polar surface area (TPSA) is 86.8 Å². The molecule has 4 aromatic rings. The number of imidazole rings is 1. The first kappa shape index (κ1) is 19.3. The monoisotopic (exact) mass is 418 g/mol. The summed E-state index contributed by atoms with van der Waals surface area (Å²) in [5, 5.41) is 4.12. The third kappa shape index (κ3) is 3.64. The van der Waals surface area contributed by atoms with E-state index in [0.717, 1.165) is 28.1 Å². The van der Waals surface area contributed by atoms with E-state index in [2.05, 4.69) is 21.1 Å². The van der Waals surface area contributed by atoms with Gasteiger partial charge in [0.1, 0.15) is 18.2 Å². The Labute approximate surface area is 178 Å². The van der Waals surface area contributed by atoms with Gasteiger partial charge in [0.05, 0.1) is 37.8 Å². The van der Waals surface area contributed by atoms with Gasteiger partial charge in [-0.3, -0.25) is 9.48 Å². The highest BCUT2D eigenvalue weighted by molar-refractivity contribution is 5.90.